The van der Waals surface area contributed by atoms with Gasteiger partial charge in [-0.3, -0.25) is 9.59 Å². The second-order valence-corrected chi connectivity index (χ2v) is 6.19. The first-order chi connectivity index (χ1) is 10.6. The van der Waals surface area contributed by atoms with E-state index in [-0.39, 0.29) is 18.1 Å². The maximum atomic E-state index is 12.2. The molecule has 0 atom stereocenters. The van der Waals surface area contributed by atoms with Crippen LogP contribution in [0.3, 0.4) is 0 Å². The summed E-state index contributed by atoms with van der Waals surface area (Å²) in [7, 11) is 0. The lowest BCUT2D eigenvalue weighted by Crippen LogP contribution is -2.26. The highest BCUT2D eigenvalue weighted by Gasteiger charge is 2.20. The van der Waals surface area contributed by atoms with Crippen molar-refractivity contribution < 1.29 is 19.1 Å². The zero-order valence-electron chi connectivity index (χ0n) is 13.2. The summed E-state index contributed by atoms with van der Waals surface area (Å²) in [6, 6.07) is 0. The van der Waals surface area contributed by atoms with Crippen LogP contribution in [0.4, 0.5) is 0 Å². The molecule has 22 heavy (non-hydrogen) atoms. The smallest absolute Gasteiger partial charge is 0.311 e. The van der Waals surface area contributed by atoms with Gasteiger partial charge in [-0.2, -0.15) is 0 Å². The number of unbranched alkanes of at least 4 members (excludes halogenated alkanes) is 1. The molecule has 5 nitrogen and oxygen atoms in total. The normalized spacial score (nSPS) is 15.1. The molecule has 1 saturated carbocycles. The van der Waals surface area contributed by atoms with Crippen LogP contribution < -0.4 is 5.32 Å². The molecule has 1 aromatic heterocycles. The zero-order chi connectivity index (χ0) is 15.9. The van der Waals surface area contributed by atoms with Crippen LogP contribution in [0.2, 0.25) is 0 Å². The number of aliphatic carboxylic acids is 1. The maximum Gasteiger partial charge on any atom is 0.311 e. The Morgan fingerprint density at radius 2 is 2.05 bits per heavy atom. The Balaban J connectivity index is 1.74. The molecule has 1 aliphatic carbocycles. The SMILES string of the molecule is Cc1coc(CC(=O)O)c1C(=O)NCCCCC1CCCC1. The van der Waals surface area contributed by atoms with Crippen molar-refractivity contribution in [2.75, 3.05) is 6.54 Å². The van der Waals surface area contributed by atoms with E-state index < -0.39 is 5.97 Å². The second kappa shape index (κ2) is 8.01. The number of hydrogen-bond donors (Lipinski definition) is 2. The van der Waals surface area contributed by atoms with Crippen molar-refractivity contribution in [2.24, 2.45) is 5.92 Å². The highest BCUT2D eigenvalue weighted by molar-refractivity contribution is 5.97. The second-order valence-electron chi connectivity index (χ2n) is 6.19. The van der Waals surface area contributed by atoms with Crippen molar-refractivity contribution in [1.82, 2.24) is 5.32 Å². The van der Waals surface area contributed by atoms with Gasteiger partial charge in [-0.25, -0.2) is 0 Å². The summed E-state index contributed by atoms with van der Waals surface area (Å²) < 4.78 is 5.18. The third kappa shape index (κ3) is 4.61. The third-order valence-electron chi connectivity index (χ3n) is 4.39. The predicted octanol–water partition coefficient (Wildman–Crippen LogP) is 3.31. The average Bonchev–Trinajstić information content (AvgIpc) is 3.08. The summed E-state index contributed by atoms with van der Waals surface area (Å²) in [6.07, 6.45) is 9.99. The predicted molar refractivity (Wildman–Crippen MR) is 82.9 cm³/mol. The third-order valence-corrected chi connectivity index (χ3v) is 4.39. The van der Waals surface area contributed by atoms with Gasteiger partial charge in [0.1, 0.15) is 12.2 Å². The van der Waals surface area contributed by atoms with Crippen LogP contribution in [-0.2, 0) is 11.2 Å². The lowest BCUT2D eigenvalue weighted by Gasteiger charge is -2.09. The first-order valence-electron chi connectivity index (χ1n) is 8.15. The quantitative estimate of drug-likeness (QED) is 0.722. The summed E-state index contributed by atoms with van der Waals surface area (Å²) in [5, 5.41) is 11.7. The fourth-order valence-corrected chi connectivity index (χ4v) is 3.22. The van der Waals surface area contributed by atoms with Gasteiger partial charge in [0.25, 0.3) is 5.91 Å². The number of hydrogen-bond acceptors (Lipinski definition) is 3. The molecular weight excluding hydrogens is 282 g/mol. The minimum Gasteiger partial charge on any atom is -0.481 e. The summed E-state index contributed by atoms with van der Waals surface area (Å²) in [5.41, 5.74) is 1.05. The maximum absolute atomic E-state index is 12.2. The van der Waals surface area contributed by atoms with E-state index in [2.05, 4.69) is 5.32 Å². The molecule has 0 radical (unpaired) electrons. The standard InChI is InChI=1S/C17H25NO4/c1-12-11-22-14(10-15(19)20)16(12)17(21)18-9-5-4-8-13-6-2-3-7-13/h11,13H,2-10H2,1H3,(H,18,21)(H,19,20). The Hall–Kier alpha value is -1.78. The van der Waals surface area contributed by atoms with Gasteiger partial charge in [0.05, 0.1) is 11.8 Å². The van der Waals surface area contributed by atoms with Crippen LogP contribution in [0, 0.1) is 12.8 Å². The van der Waals surface area contributed by atoms with Gasteiger partial charge in [0.2, 0.25) is 0 Å². The van der Waals surface area contributed by atoms with Gasteiger partial charge in [0, 0.05) is 12.1 Å². The van der Waals surface area contributed by atoms with Crippen LogP contribution in [0.1, 0.15) is 66.6 Å². The molecule has 1 aromatic rings. The van der Waals surface area contributed by atoms with Gasteiger partial charge >= 0.3 is 5.97 Å². The van der Waals surface area contributed by atoms with Crippen LogP contribution in [0.5, 0.6) is 0 Å². The van der Waals surface area contributed by atoms with Gasteiger partial charge in [-0.1, -0.05) is 38.5 Å². The fourth-order valence-electron chi connectivity index (χ4n) is 3.22. The number of nitrogens with one attached hydrogen (secondary N) is 1. The van der Waals surface area contributed by atoms with Crippen molar-refractivity contribution in [1.29, 1.82) is 0 Å². The molecule has 2 rings (SSSR count). The summed E-state index contributed by atoms with van der Waals surface area (Å²) in [5.74, 6) is -0.120. The highest BCUT2D eigenvalue weighted by Crippen LogP contribution is 2.28. The molecule has 2 N–H and O–H groups in total. The van der Waals surface area contributed by atoms with Gasteiger partial charge < -0.3 is 14.8 Å². The molecule has 0 saturated heterocycles. The molecule has 122 valence electrons. The van der Waals surface area contributed by atoms with E-state index in [0.717, 1.165) is 18.8 Å². The molecule has 1 amide bonds. The summed E-state index contributed by atoms with van der Waals surface area (Å²) >= 11 is 0. The van der Waals surface area contributed by atoms with Gasteiger partial charge in [-0.15, -0.1) is 0 Å². The Morgan fingerprint density at radius 3 is 2.73 bits per heavy atom. The average molecular weight is 307 g/mol. The topological polar surface area (TPSA) is 79.5 Å². The van der Waals surface area contributed by atoms with E-state index in [0.29, 0.717) is 17.7 Å². The number of aryl methyl sites for hydroxylation is 1. The molecule has 0 spiro atoms. The number of rotatable bonds is 8. The molecule has 0 aromatic carbocycles. The monoisotopic (exact) mass is 307 g/mol. The van der Waals surface area contributed by atoms with Crippen molar-refractivity contribution in [3.05, 3.63) is 23.2 Å². The summed E-state index contributed by atoms with van der Waals surface area (Å²) in [4.78, 5) is 23.0. The Labute approximate surface area is 131 Å². The molecule has 5 heteroatoms. The van der Waals surface area contributed by atoms with Gasteiger partial charge in [-0.05, 0) is 19.3 Å². The van der Waals surface area contributed by atoms with Crippen molar-refractivity contribution >= 4 is 11.9 Å². The Morgan fingerprint density at radius 1 is 1.32 bits per heavy atom. The van der Waals surface area contributed by atoms with Crippen LogP contribution in [-0.4, -0.2) is 23.5 Å². The van der Waals surface area contributed by atoms with E-state index in [1.807, 2.05) is 0 Å². The van der Waals surface area contributed by atoms with Crippen molar-refractivity contribution in [3.63, 3.8) is 0 Å². The molecule has 0 aliphatic heterocycles. The van der Waals surface area contributed by atoms with Crippen LogP contribution in [0.15, 0.2) is 10.7 Å². The molecule has 0 bridgehead atoms. The first kappa shape index (κ1) is 16.6. The lowest BCUT2D eigenvalue weighted by molar-refractivity contribution is -0.136. The van der Waals surface area contributed by atoms with Gasteiger partial charge in [0.15, 0.2) is 0 Å². The molecule has 1 heterocycles. The zero-order valence-corrected chi connectivity index (χ0v) is 13.2. The fraction of sp³-hybridized carbons (Fsp3) is 0.647. The number of carboxylic acids is 1. The number of furan rings is 1. The Bertz CT molecular complexity index is 515. The van der Waals surface area contributed by atoms with E-state index >= 15 is 0 Å². The number of amides is 1. The largest absolute Gasteiger partial charge is 0.481 e. The lowest BCUT2D eigenvalue weighted by atomic mass is 10.0. The molecular formula is C17H25NO4. The van der Waals surface area contributed by atoms with E-state index in [1.165, 1.54) is 38.4 Å². The van der Waals surface area contributed by atoms with Crippen molar-refractivity contribution in [2.45, 2.75) is 58.3 Å². The molecule has 1 aliphatic rings. The van der Waals surface area contributed by atoms with E-state index in [9.17, 15) is 9.59 Å². The number of carbonyl (C=O) groups is 2. The minimum atomic E-state index is -1.00. The van der Waals surface area contributed by atoms with Crippen LogP contribution >= 0.6 is 0 Å². The van der Waals surface area contributed by atoms with E-state index in [1.54, 1.807) is 6.92 Å². The number of carbonyl (C=O) groups excluding carboxylic acids is 1. The molecule has 1 fully saturated rings. The Kier molecular flexibility index (Phi) is 6.04. The molecule has 0 unspecified atom stereocenters. The first-order valence-corrected chi connectivity index (χ1v) is 8.15. The van der Waals surface area contributed by atoms with Crippen molar-refractivity contribution in [3.8, 4) is 0 Å². The summed E-state index contributed by atoms with van der Waals surface area (Å²) in [6.45, 7) is 2.38. The number of carboxylic acid groups (broad SMARTS) is 1. The minimum absolute atomic E-state index is 0.230. The van der Waals surface area contributed by atoms with E-state index in [4.69, 9.17) is 9.52 Å². The highest BCUT2D eigenvalue weighted by atomic mass is 16.4. The van der Waals surface area contributed by atoms with Crippen LogP contribution in [0.25, 0.3) is 0 Å².